The summed E-state index contributed by atoms with van der Waals surface area (Å²) in [5, 5.41) is 3.77. The van der Waals surface area contributed by atoms with E-state index in [-0.39, 0.29) is 23.5 Å². The van der Waals surface area contributed by atoms with Crippen LogP contribution in [-0.2, 0) is 21.2 Å². The lowest BCUT2D eigenvalue weighted by atomic mass is 10.1. The van der Waals surface area contributed by atoms with E-state index in [1.54, 1.807) is 13.0 Å². The maximum absolute atomic E-state index is 12.3. The number of rotatable bonds is 5. The summed E-state index contributed by atoms with van der Waals surface area (Å²) in [4.78, 5) is 14.1. The molecule has 1 fully saturated rings. The number of amides is 1. The van der Waals surface area contributed by atoms with Gasteiger partial charge >= 0.3 is 0 Å². The van der Waals surface area contributed by atoms with Gasteiger partial charge in [0.05, 0.1) is 27.6 Å². The molecule has 1 aliphatic rings. The molecule has 1 aliphatic heterocycles. The van der Waals surface area contributed by atoms with Crippen LogP contribution in [0.4, 0.5) is 0 Å². The SMILES string of the molecule is C[C@@H](C(=O)N[C@H]1CCS(=O)(=O)C1)N(C)Cc1cccc(Cl)c1Cl. The highest BCUT2D eigenvalue weighted by Crippen LogP contribution is 2.26. The van der Waals surface area contributed by atoms with Crippen LogP contribution in [0.25, 0.3) is 0 Å². The van der Waals surface area contributed by atoms with Gasteiger partial charge in [-0.2, -0.15) is 0 Å². The summed E-state index contributed by atoms with van der Waals surface area (Å²) in [6, 6.07) is 4.68. The Labute approximate surface area is 146 Å². The van der Waals surface area contributed by atoms with Crippen LogP contribution in [0.15, 0.2) is 18.2 Å². The van der Waals surface area contributed by atoms with E-state index in [9.17, 15) is 13.2 Å². The first-order chi connectivity index (χ1) is 10.7. The normalized spacial score (nSPS) is 21.3. The standard InChI is InChI=1S/C15H20Cl2N2O3S/c1-10(15(20)18-12-6-7-23(21,22)9-12)19(2)8-11-4-3-5-13(16)14(11)17/h3-5,10,12H,6-9H2,1-2H3,(H,18,20)/t10-,12-/m0/s1. The lowest BCUT2D eigenvalue weighted by molar-refractivity contribution is -0.126. The molecule has 1 heterocycles. The molecule has 0 saturated carbocycles. The van der Waals surface area contributed by atoms with Crippen molar-refractivity contribution in [1.82, 2.24) is 10.2 Å². The van der Waals surface area contributed by atoms with Crippen LogP contribution in [0.5, 0.6) is 0 Å². The van der Waals surface area contributed by atoms with E-state index in [0.29, 0.717) is 23.0 Å². The smallest absolute Gasteiger partial charge is 0.237 e. The second-order valence-corrected chi connectivity index (χ2v) is 8.93. The quantitative estimate of drug-likeness (QED) is 0.851. The summed E-state index contributed by atoms with van der Waals surface area (Å²) >= 11 is 12.2. The zero-order valence-corrected chi connectivity index (χ0v) is 15.4. The Morgan fingerprint density at radius 1 is 1.43 bits per heavy atom. The number of carbonyl (C=O) groups is 1. The maximum Gasteiger partial charge on any atom is 0.237 e. The van der Waals surface area contributed by atoms with Crippen LogP contribution in [0.3, 0.4) is 0 Å². The van der Waals surface area contributed by atoms with Gasteiger partial charge in [-0.15, -0.1) is 0 Å². The van der Waals surface area contributed by atoms with Crippen molar-refractivity contribution in [1.29, 1.82) is 0 Å². The van der Waals surface area contributed by atoms with Gasteiger partial charge in [0, 0.05) is 12.6 Å². The topological polar surface area (TPSA) is 66.5 Å². The number of hydrogen-bond acceptors (Lipinski definition) is 4. The molecule has 1 aromatic rings. The number of benzene rings is 1. The van der Waals surface area contributed by atoms with Gasteiger partial charge in [-0.1, -0.05) is 35.3 Å². The van der Waals surface area contributed by atoms with Gasteiger partial charge in [0.1, 0.15) is 0 Å². The van der Waals surface area contributed by atoms with Crippen LogP contribution in [-0.4, -0.2) is 49.9 Å². The first-order valence-electron chi connectivity index (χ1n) is 7.33. The Morgan fingerprint density at radius 2 is 2.13 bits per heavy atom. The molecule has 0 aliphatic carbocycles. The van der Waals surface area contributed by atoms with E-state index < -0.39 is 15.9 Å². The summed E-state index contributed by atoms with van der Waals surface area (Å²) in [5.41, 5.74) is 0.838. The molecule has 0 bridgehead atoms. The van der Waals surface area contributed by atoms with Gasteiger partial charge < -0.3 is 5.32 Å². The Morgan fingerprint density at radius 3 is 2.74 bits per heavy atom. The lowest BCUT2D eigenvalue weighted by Gasteiger charge is -2.25. The molecule has 1 saturated heterocycles. The Bertz CT molecular complexity index is 694. The number of halogens is 2. The molecule has 2 rings (SSSR count). The van der Waals surface area contributed by atoms with Crippen molar-refractivity contribution < 1.29 is 13.2 Å². The van der Waals surface area contributed by atoms with Gasteiger partial charge in [-0.05, 0) is 32.0 Å². The van der Waals surface area contributed by atoms with Crippen molar-refractivity contribution in [3.05, 3.63) is 33.8 Å². The fraction of sp³-hybridized carbons (Fsp3) is 0.533. The Hall–Kier alpha value is -0.820. The molecule has 1 aromatic carbocycles. The van der Waals surface area contributed by atoms with Crippen molar-refractivity contribution in [2.75, 3.05) is 18.6 Å². The van der Waals surface area contributed by atoms with E-state index in [4.69, 9.17) is 23.2 Å². The number of carbonyl (C=O) groups excluding carboxylic acids is 1. The third kappa shape index (κ3) is 4.83. The van der Waals surface area contributed by atoms with Gasteiger partial charge in [-0.3, -0.25) is 9.69 Å². The average Bonchev–Trinajstić information content (AvgIpc) is 2.81. The predicted octanol–water partition coefficient (Wildman–Crippen LogP) is 2.12. The highest BCUT2D eigenvalue weighted by atomic mass is 35.5. The van der Waals surface area contributed by atoms with E-state index >= 15 is 0 Å². The Balaban J connectivity index is 1.95. The highest BCUT2D eigenvalue weighted by Gasteiger charge is 2.30. The van der Waals surface area contributed by atoms with Gasteiger partial charge in [0.15, 0.2) is 9.84 Å². The van der Waals surface area contributed by atoms with Gasteiger partial charge in [-0.25, -0.2) is 8.42 Å². The summed E-state index contributed by atoms with van der Waals surface area (Å²) in [6.45, 7) is 2.24. The predicted molar refractivity (Wildman–Crippen MR) is 92.6 cm³/mol. The van der Waals surface area contributed by atoms with Crippen molar-refractivity contribution >= 4 is 38.9 Å². The summed E-state index contributed by atoms with van der Waals surface area (Å²) in [5.74, 6) is -0.0250. The summed E-state index contributed by atoms with van der Waals surface area (Å²) in [6.07, 6.45) is 0.477. The molecule has 0 spiro atoms. The number of hydrogen-bond donors (Lipinski definition) is 1. The van der Waals surface area contributed by atoms with E-state index in [0.717, 1.165) is 5.56 Å². The van der Waals surface area contributed by atoms with Crippen molar-refractivity contribution in [2.24, 2.45) is 0 Å². The molecule has 5 nitrogen and oxygen atoms in total. The zero-order valence-electron chi connectivity index (χ0n) is 13.1. The van der Waals surface area contributed by atoms with Crippen LogP contribution < -0.4 is 5.32 Å². The fourth-order valence-corrected chi connectivity index (χ4v) is 4.56. The van der Waals surface area contributed by atoms with Crippen LogP contribution in [0.1, 0.15) is 18.9 Å². The molecule has 2 atom stereocenters. The number of nitrogens with one attached hydrogen (secondary N) is 1. The Kier molecular flexibility index (Phi) is 5.94. The molecule has 1 amide bonds. The molecular formula is C15H20Cl2N2O3S. The van der Waals surface area contributed by atoms with Crippen molar-refractivity contribution in [3.63, 3.8) is 0 Å². The third-order valence-electron chi connectivity index (χ3n) is 4.07. The van der Waals surface area contributed by atoms with Crippen molar-refractivity contribution in [3.8, 4) is 0 Å². The largest absolute Gasteiger partial charge is 0.351 e. The number of sulfone groups is 1. The molecule has 23 heavy (non-hydrogen) atoms. The molecule has 128 valence electrons. The van der Waals surface area contributed by atoms with E-state index in [1.165, 1.54) is 0 Å². The third-order valence-corrected chi connectivity index (χ3v) is 6.70. The lowest BCUT2D eigenvalue weighted by Crippen LogP contribution is -2.47. The fourth-order valence-electron chi connectivity index (χ4n) is 2.51. The average molecular weight is 379 g/mol. The second-order valence-electron chi connectivity index (χ2n) is 5.91. The number of nitrogens with zero attached hydrogens (tertiary/aromatic N) is 1. The molecule has 1 N–H and O–H groups in total. The van der Waals surface area contributed by atoms with Gasteiger partial charge in [0.2, 0.25) is 5.91 Å². The van der Waals surface area contributed by atoms with Crippen LogP contribution in [0, 0.1) is 0 Å². The van der Waals surface area contributed by atoms with Crippen LogP contribution >= 0.6 is 23.2 Å². The summed E-state index contributed by atoms with van der Waals surface area (Å²) < 4.78 is 22.9. The molecule has 0 radical (unpaired) electrons. The maximum atomic E-state index is 12.3. The molecule has 0 aromatic heterocycles. The highest BCUT2D eigenvalue weighted by molar-refractivity contribution is 7.91. The van der Waals surface area contributed by atoms with Crippen LogP contribution in [0.2, 0.25) is 10.0 Å². The first-order valence-corrected chi connectivity index (χ1v) is 9.91. The first kappa shape index (κ1) is 18.5. The van der Waals surface area contributed by atoms with Crippen molar-refractivity contribution in [2.45, 2.75) is 32.0 Å². The minimum Gasteiger partial charge on any atom is -0.351 e. The molecular weight excluding hydrogens is 359 g/mol. The molecule has 8 heteroatoms. The summed E-state index contributed by atoms with van der Waals surface area (Å²) in [7, 11) is -1.19. The van der Waals surface area contributed by atoms with Gasteiger partial charge in [0.25, 0.3) is 0 Å². The second kappa shape index (κ2) is 7.38. The zero-order chi connectivity index (χ0) is 17.2. The van der Waals surface area contributed by atoms with E-state index in [2.05, 4.69) is 5.32 Å². The minimum atomic E-state index is -3.01. The monoisotopic (exact) mass is 378 g/mol. The molecule has 0 unspecified atom stereocenters. The minimum absolute atomic E-state index is 0.0231. The number of likely N-dealkylation sites (N-methyl/N-ethyl adjacent to an activating group) is 1. The van der Waals surface area contributed by atoms with E-state index in [1.807, 2.05) is 24.1 Å².